The molecule has 14 heteroatoms. The fourth-order valence-corrected chi connectivity index (χ4v) is 7.02. The molecule has 4 heterocycles. The van der Waals surface area contributed by atoms with Crippen molar-refractivity contribution in [2.45, 2.75) is 94.1 Å². The minimum atomic E-state index is -1.77. The van der Waals surface area contributed by atoms with Crippen molar-refractivity contribution in [2.75, 3.05) is 20.0 Å². The molecule has 0 spiro atoms. The summed E-state index contributed by atoms with van der Waals surface area (Å²) in [6.07, 6.45) is -4.56. The lowest BCUT2D eigenvalue weighted by Crippen LogP contribution is -2.59. The molecule has 4 aliphatic heterocycles. The van der Waals surface area contributed by atoms with Gasteiger partial charge in [-0.2, -0.15) is 4.89 Å². The van der Waals surface area contributed by atoms with Gasteiger partial charge in [-0.3, -0.25) is 9.59 Å². The Morgan fingerprint density at radius 3 is 2.59 bits per heavy atom. The van der Waals surface area contributed by atoms with Gasteiger partial charge in [-0.1, -0.05) is 19.8 Å². The molecular formula is C32H36O14. The summed E-state index contributed by atoms with van der Waals surface area (Å²) in [4.78, 5) is 33.7. The lowest BCUT2D eigenvalue weighted by atomic mass is 9.85. The summed E-state index contributed by atoms with van der Waals surface area (Å²) in [5.74, 6) is 0.832. The van der Waals surface area contributed by atoms with Crippen molar-refractivity contribution in [3.05, 3.63) is 40.5 Å². The second-order valence-corrected chi connectivity index (χ2v) is 12.2. The van der Waals surface area contributed by atoms with Gasteiger partial charge in [0.05, 0.1) is 12.5 Å². The maximum atomic E-state index is 11.6. The normalized spacial score (nSPS) is 29.9. The maximum Gasteiger partial charge on any atom is 0.317 e. The van der Waals surface area contributed by atoms with Crippen LogP contribution in [0.3, 0.4) is 0 Å². The Balaban J connectivity index is 1.12. The van der Waals surface area contributed by atoms with E-state index in [4.69, 9.17) is 43.3 Å². The molecule has 46 heavy (non-hydrogen) atoms. The van der Waals surface area contributed by atoms with E-state index in [0.29, 0.717) is 36.0 Å². The molecule has 0 aromatic heterocycles. The van der Waals surface area contributed by atoms with E-state index in [1.54, 1.807) is 0 Å². The zero-order valence-electron chi connectivity index (χ0n) is 25.1. The number of aliphatic hydroxyl groups excluding tert-OH is 3. The van der Waals surface area contributed by atoms with Crippen molar-refractivity contribution < 1.29 is 68.2 Å². The molecule has 7 rings (SSSR count). The SMILES string of the molecule is CCCC[C@H]1CCc2c(OO[C@@H]3[C@@H](O)[C@H](O)[C@@H](COC(=O)CC(=O)O)O[C@H]3O)cc3c(c21)OC[C@@H]1c2cc4c(cc2O[C@H]31)OCO4. The first kappa shape index (κ1) is 30.8. The number of carboxylic acid groups (broad SMARTS) is 1. The summed E-state index contributed by atoms with van der Waals surface area (Å²) >= 11 is 0. The number of hydrogen-bond donors (Lipinski definition) is 4. The van der Waals surface area contributed by atoms with Crippen molar-refractivity contribution >= 4 is 11.9 Å². The van der Waals surface area contributed by atoms with Crippen LogP contribution >= 0.6 is 0 Å². The Labute approximate surface area is 263 Å². The molecule has 0 unspecified atom stereocenters. The predicted octanol–water partition coefficient (Wildman–Crippen LogP) is 2.38. The Hall–Kier alpha value is -3.82. The average Bonchev–Trinajstić information content (AvgIpc) is 3.76. The van der Waals surface area contributed by atoms with Crippen LogP contribution in [-0.2, 0) is 30.4 Å². The number of rotatable bonds is 10. The fourth-order valence-electron chi connectivity index (χ4n) is 7.02. The molecule has 1 saturated heterocycles. The summed E-state index contributed by atoms with van der Waals surface area (Å²) in [5.41, 5.74) is 3.70. The summed E-state index contributed by atoms with van der Waals surface area (Å²) < 4.78 is 34.3. The second kappa shape index (κ2) is 12.4. The van der Waals surface area contributed by atoms with E-state index in [9.17, 15) is 24.9 Å². The Kier molecular flexibility index (Phi) is 8.32. The zero-order chi connectivity index (χ0) is 32.1. The number of hydrogen-bond acceptors (Lipinski definition) is 13. The summed E-state index contributed by atoms with van der Waals surface area (Å²) in [6, 6.07) is 5.58. The van der Waals surface area contributed by atoms with Gasteiger partial charge < -0.3 is 53.7 Å². The number of esters is 1. The van der Waals surface area contributed by atoms with Crippen LogP contribution in [0.15, 0.2) is 18.2 Å². The van der Waals surface area contributed by atoms with Crippen LogP contribution in [0.4, 0.5) is 0 Å². The van der Waals surface area contributed by atoms with E-state index in [2.05, 4.69) is 6.92 Å². The number of aliphatic carboxylic acids is 1. The fraction of sp³-hybridized carbons (Fsp3) is 0.562. The molecule has 0 amide bonds. The van der Waals surface area contributed by atoms with E-state index < -0.39 is 55.7 Å². The molecule has 4 N–H and O–H groups in total. The third kappa shape index (κ3) is 5.47. The Morgan fingerprint density at radius 1 is 1.00 bits per heavy atom. The minimum absolute atomic E-state index is 0.105. The van der Waals surface area contributed by atoms with Crippen molar-refractivity contribution in [3.8, 4) is 28.7 Å². The summed E-state index contributed by atoms with van der Waals surface area (Å²) in [7, 11) is 0. The zero-order valence-corrected chi connectivity index (χ0v) is 25.1. The number of fused-ring (bicyclic) bond motifs is 8. The minimum Gasteiger partial charge on any atom is -0.492 e. The third-order valence-electron chi connectivity index (χ3n) is 9.33. The van der Waals surface area contributed by atoms with Gasteiger partial charge in [0, 0.05) is 28.3 Å². The highest BCUT2D eigenvalue weighted by molar-refractivity contribution is 5.90. The molecule has 2 aromatic carbocycles. The van der Waals surface area contributed by atoms with Crippen LogP contribution in [0, 0.1) is 0 Å². The number of aliphatic hydroxyl groups is 3. The van der Waals surface area contributed by atoms with Crippen LogP contribution in [0.2, 0.25) is 0 Å². The van der Waals surface area contributed by atoms with Gasteiger partial charge in [0.1, 0.15) is 48.9 Å². The molecule has 0 radical (unpaired) electrons. The Bertz CT molecular complexity index is 1510. The number of carbonyl (C=O) groups is 2. The van der Waals surface area contributed by atoms with Crippen molar-refractivity contribution in [1.82, 2.24) is 0 Å². The van der Waals surface area contributed by atoms with Gasteiger partial charge in [-0.15, -0.1) is 0 Å². The molecule has 1 fully saturated rings. The van der Waals surface area contributed by atoms with Crippen molar-refractivity contribution in [1.29, 1.82) is 0 Å². The van der Waals surface area contributed by atoms with Crippen LogP contribution < -0.4 is 23.8 Å². The average molecular weight is 645 g/mol. The number of carbonyl (C=O) groups excluding carboxylic acids is 1. The second-order valence-electron chi connectivity index (χ2n) is 12.2. The summed E-state index contributed by atoms with van der Waals surface area (Å²) in [6.45, 7) is 2.15. The van der Waals surface area contributed by atoms with E-state index >= 15 is 0 Å². The highest BCUT2D eigenvalue weighted by atomic mass is 17.2. The highest BCUT2D eigenvalue weighted by Crippen LogP contribution is 2.58. The van der Waals surface area contributed by atoms with Gasteiger partial charge in [-0.05, 0) is 37.3 Å². The van der Waals surface area contributed by atoms with Gasteiger partial charge in [0.15, 0.2) is 29.6 Å². The first-order chi connectivity index (χ1) is 22.2. The molecule has 248 valence electrons. The standard InChI is InChI=1S/C32H36O14/c1-2-3-4-14-5-6-15-20(45-46-31-28(37)27(36)23(44-32(31)38)12-39-25(35)10-24(33)34)8-17-29-18(11-40-30(17)26(14)15)16-7-21-22(42-13-41-21)9-19(16)43-29/h7-9,14,18,23,27-29,31-32,36-38H,2-6,10-13H2,1H3,(H,33,34)/t14-,18+,23+,27+,28-,29+,31+,32+/m0/s1. The number of unbranched alkanes of at least 4 members (excludes halogenated alkanes) is 1. The summed E-state index contributed by atoms with van der Waals surface area (Å²) in [5, 5.41) is 40.8. The molecule has 8 atom stereocenters. The number of benzene rings is 2. The highest BCUT2D eigenvalue weighted by Gasteiger charge is 2.48. The van der Waals surface area contributed by atoms with Gasteiger partial charge in [-0.25, -0.2) is 0 Å². The first-order valence-corrected chi connectivity index (χ1v) is 15.6. The van der Waals surface area contributed by atoms with E-state index in [1.165, 1.54) is 0 Å². The van der Waals surface area contributed by atoms with E-state index in [1.807, 2.05) is 18.2 Å². The first-order valence-electron chi connectivity index (χ1n) is 15.6. The molecule has 0 saturated carbocycles. The van der Waals surface area contributed by atoms with Gasteiger partial charge >= 0.3 is 11.9 Å². The monoisotopic (exact) mass is 644 g/mol. The molecule has 1 aliphatic carbocycles. The smallest absolute Gasteiger partial charge is 0.317 e. The van der Waals surface area contributed by atoms with Gasteiger partial charge in [0.2, 0.25) is 6.79 Å². The predicted molar refractivity (Wildman–Crippen MR) is 153 cm³/mol. The van der Waals surface area contributed by atoms with Crippen LogP contribution in [0.5, 0.6) is 28.7 Å². The quantitative estimate of drug-likeness (QED) is 0.128. The van der Waals surface area contributed by atoms with Crippen molar-refractivity contribution in [2.24, 2.45) is 0 Å². The van der Waals surface area contributed by atoms with Crippen LogP contribution in [0.25, 0.3) is 0 Å². The lowest BCUT2D eigenvalue weighted by Gasteiger charge is -2.39. The molecule has 0 bridgehead atoms. The molecule has 2 aromatic rings. The van der Waals surface area contributed by atoms with E-state index in [-0.39, 0.29) is 24.7 Å². The van der Waals surface area contributed by atoms with Crippen molar-refractivity contribution in [3.63, 3.8) is 0 Å². The Morgan fingerprint density at radius 2 is 1.80 bits per heavy atom. The molecule has 14 nitrogen and oxygen atoms in total. The molecular weight excluding hydrogens is 608 g/mol. The lowest BCUT2D eigenvalue weighted by molar-refractivity contribution is -0.365. The maximum absolute atomic E-state index is 11.6. The topological polar surface area (TPSA) is 189 Å². The van der Waals surface area contributed by atoms with Gasteiger partial charge in [0.25, 0.3) is 0 Å². The van der Waals surface area contributed by atoms with Crippen LogP contribution in [0.1, 0.15) is 79.2 Å². The number of ether oxygens (including phenoxy) is 6. The number of carboxylic acids is 1. The van der Waals surface area contributed by atoms with E-state index in [0.717, 1.165) is 53.7 Å². The van der Waals surface area contributed by atoms with Crippen LogP contribution in [-0.4, -0.2) is 83.1 Å². The third-order valence-corrected chi connectivity index (χ3v) is 9.33. The largest absolute Gasteiger partial charge is 0.492 e. The molecule has 5 aliphatic rings.